The van der Waals surface area contributed by atoms with E-state index in [1.807, 2.05) is 0 Å². The van der Waals surface area contributed by atoms with Crippen LogP contribution in [0.4, 0.5) is 0 Å². The number of rotatable bonds is 2. The van der Waals surface area contributed by atoms with Crippen LogP contribution >= 0.6 is 0 Å². The van der Waals surface area contributed by atoms with Crippen LogP contribution in [0.25, 0.3) is 0 Å². The Kier molecular flexibility index (Phi) is 4.00. The third-order valence-electron chi connectivity index (χ3n) is 4.09. The molecule has 1 saturated heterocycles. The second-order valence-electron chi connectivity index (χ2n) is 5.09. The third kappa shape index (κ3) is 2.52. The number of nitrogens with zero attached hydrogens (tertiary/aromatic N) is 1. The first kappa shape index (κ1) is 11.4. The average Bonchev–Trinajstić information content (AvgIpc) is 2.61. The normalized spacial score (nSPS) is 39.2. The quantitative estimate of drug-likeness (QED) is 0.674. The highest BCUT2D eigenvalue weighted by Crippen LogP contribution is 2.27. The molecule has 0 radical (unpaired) electrons. The molecule has 2 fully saturated rings. The molecule has 3 atom stereocenters. The Morgan fingerprint density at radius 3 is 2.67 bits per heavy atom. The van der Waals surface area contributed by atoms with Gasteiger partial charge in [-0.3, -0.25) is 4.90 Å². The van der Waals surface area contributed by atoms with Gasteiger partial charge in [0, 0.05) is 18.1 Å². The van der Waals surface area contributed by atoms with E-state index >= 15 is 0 Å². The predicted molar refractivity (Wildman–Crippen MR) is 61.7 cm³/mol. The van der Waals surface area contributed by atoms with E-state index in [0.29, 0.717) is 24.7 Å². The number of nitrogens with two attached hydrogens (primary N) is 1. The molecule has 0 aromatic rings. The van der Waals surface area contributed by atoms with Crippen molar-refractivity contribution >= 4 is 0 Å². The Morgan fingerprint density at radius 2 is 1.87 bits per heavy atom. The summed E-state index contributed by atoms with van der Waals surface area (Å²) in [4.78, 5) is 2.48. The molecule has 3 unspecified atom stereocenters. The highest BCUT2D eigenvalue weighted by Gasteiger charge is 2.33. The van der Waals surface area contributed by atoms with E-state index in [4.69, 9.17) is 5.73 Å². The van der Waals surface area contributed by atoms with Crippen molar-refractivity contribution in [3.63, 3.8) is 0 Å². The summed E-state index contributed by atoms with van der Waals surface area (Å²) in [6, 6.07) is 1.26. The van der Waals surface area contributed by atoms with Gasteiger partial charge < -0.3 is 10.8 Å². The first-order chi connectivity index (χ1) is 7.33. The standard InChI is InChI=1S/C12H24N2O/c13-11-6-2-1-3-7-12(11)14-8-4-5-10(14)9-15/h10-12,15H,1-9,13H2. The van der Waals surface area contributed by atoms with E-state index in [-0.39, 0.29) is 0 Å². The summed E-state index contributed by atoms with van der Waals surface area (Å²) in [6.07, 6.45) is 8.72. The zero-order chi connectivity index (χ0) is 10.7. The van der Waals surface area contributed by atoms with Gasteiger partial charge in [-0.25, -0.2) is 0 Å². The van der Waals surface area contributed by atoms with E-state index < -0.39 is 0 Å². The summed E-state index contributed by atoms with van der Waals surface area (Å²) < 4.78 is 0. The monoisotopic (exact) mass is 212 g/mol. The summed E-state index contributed by atoms with van der Waals surface area (Å²) in [5.41, 5.74) is 6.25. The smallest absolute Gasteiger partial charge is 0.0587 e. The lowest BCUT2D eigenvalue weighted by atomic mass is 10.0. The average molecular weight is 212 g/mol. The fourth-order valence-corrected chi connectivity index (χ4v) is 3.22. The van der Waals surface area contributed by atoms with Crippen LogP contribution in [0.15, 0.2) is 0 Å². The molecule has 2 aliphatic rings. The molecule has 0 aromatic carbocycles. The highest BCUT2D eigenvalue weighted by atomic mass is 16.3. The molecule has 1 aliphatic carbocycles. The number of likely N-dealkylation sites (tertiary alicyclic amines) is 1. The second-order valence-corrected chi connectivity index (χ2v) is 5.09. The van der Waals surface area contributed by atoms with Gasteiger partial charge in [-0.1, -0.05) is 19.3 Å². The van der Waals surface area contributed by atoms with E-state index in [1.165, 1.54) is 38.5 Å². The van der Waals surface area contributed by atoms with Crippen LogP contribution in [0.5, 0.6) is 0 Å². The topological polar surface area (TPSA) is 49.5 Å². The van der Waals surface area contributed by atoms with Gasteiger partial charge in [-0.15, -0.1) is 0 Å². The zero-order valence-electron chi connectivity index (χ0n) is 9.57. The molecule has 3 heteroatoms. The van der Waals surface area contributed by atoms with Crippen molar-refractivity contribution in [1.29, 1.82) is 0 Å². The number of aliphatic hydroxyl groups excluding tert-OH is 1. The largest absolute Gasteiger partial charge is 0.395 e. The van der Waals surface area contributed by atoms with Gasteiger partial charge in [0.15, 0.2) is 0 Å². The Labute approximate surface area is 92.6 Å². The lowest BCUT2D eigenvalue weighted by Crippen LogP contribution is -2.50. The van der Waals surface area contributed by atoms with Gasteiger partial charge in [-0.2, -0.15) is 0 Å². The fourth-order valence-electron chi connectivity index (χ4n) is 3.22. The molecule has 0 aromatic heterocycles. The lowest BCUT2D eigenvalue weighted by Gasteiger charge is -2.35. The predicted octanol–water partition coefficient (Wildman–Crippen LogP) is 1.10. The van der Waals surface area contributed by atoms with Crippen LogP contribution in [0, 0.1) is 0 Å². The molecular formula is C12H24N2O. The Balaban J connectivity index is 1.99. The molecule has 3 nitrogen and oxygen atoms in total. The number of aliphatic hydroxyl groups is 1. The van der Waals surface area contributed by atoms with Crippen LogP contribution in [0.1, 0.15) is 44.9 Å². The van der Waals surface area contributed by atoms with Crippen molar-refractivity contribution < 1.29 is 5.11 Å². The second kappa shape index (κ2) is 5.28. The Morgan fingerprint density at radius 1 is 1.07 bits per heavy atom. The van der Waals surface area contributed by atoms with Crippen LogP contribution in [0.2, 0.25) is 0 Å². The SMILES string of the molecule is NC1CCCCCC1N1CCCC1CO. The summed E-state index contributed by atoms with van der Waals surface area (Å²) in [5.74, 6) is 0. The first-order valence-electron chi connectivity index (χ1n) is 6.45. The lowest BCUT2D eigenvalue weighted by molar-refractivity contribution is 0.101. The van der Waals surface area contributed by atoms with E-state index in [2.05, 4.69) is 4.90 Å². The van der Waals surface area contributed by atoms with Crippen LogP contribution in [-0.4, -0.2) is 41.3 Å². The van der Waals surface area contributed by atoms with Crippen molar-refractivity contribution in [2.75, 3.05) is 13.2 Å². The van der Waals surface area contributed by atoms with Crippen molar-refractivity contribution in [2.24, 2.45) is 5.73 Å². The Hall–Kier alpha value is -0.120. The Bertz CT molecular complexity index is 198. The van der Waals surface area contributed by atoms with Crippen LogP contribution in [0.3, 0.4) is 0 Å². The van der Waals surface area contributed by atoms with E-state index in [9.17, 15) is 5.11 Å². The van der Waals surface area contributed by atoms with E-state index in [1.54, 1.807) is 0 Å². The first-order valence-corrected chi connectivity index (χ1v) is 6.45. The molecule has 0 bridgehead atoms. The fraction of sp³-hybridized carbons (Fsp3) is 1.00. The van der Waals surface area contributed by atoms with Gasteiger partial charge in [0.1, 0.15) is 0 Å². The van der Waals surface area contributed by atoms with Crippen molar-refractivity contribution in [3.8, 4) is 0 Å². The minimum atomic E-state index is 0.309. The van der Waals surface area contributed by atoms with Gasteiger partial charge in [0.25, 0.3) is 0 Å². The summed E-state index contributed by atoms with van der Waals surface area (Å²) in [6.45, 7) is 1.45. The highest BCUT2D eigenvalue weighted by molar-refractivity contribution is 4.91. The van der Waals surface area contributed by atoms with Gasteiger partial charge >= 0.3 is 0 Å². The van der Waals surface area contributed by atoms with Crippen molar-refractivity contribution in [1.82, 2.24) is 4.90 Å². The molecule has 1 saturated carbocycles. The minimum Gasteiger partial charge on any atom is -0.395 e. The molecule has 1 aliphatic heterocycles. The van der Waals surface area contributed by atoms with Crippen LogP contribution in [-0.2, 0) is 0 Å². The molecule has 0 amide bonds. The summed E-state index contributed by atoms with van der Waals surface area (Å²) >= 11 is 0. The van der Waals surface area contributed by atoms with E-state index in [0.717, 1.165) is 13.0 Å². The summed E-state index contributed by atoms with van der Waals surface area (Å²) in [5, 5.41) is 9.34. The van der Waals surface area contributed by atoms with Gasteiger partial charge in [0.2, 0.25) is 0 Å². The molecule has 2 rings (SSSR count). The maximum atomic E-state index is 9.34. The molecule has 1 heterocycles. The molecule has 88 valence electrons. The number of hydrogen-bond acceptors (Lipinski definition) is 3. The summed E-state index contributed by atoms with van der Waals surface area (Å²) in [7, 11) is 0. The van der Waals surface area contributed by atoms with Crippen LogP contribution < -0.4 is 5.73 Å². The maximum Gasteiger partial charge on any atom is 0.0587 e. The van der Waals surface area contributed by atoms with Crippen molar-refractivity contribution in [2.45, 2.75) is 63.1 Å². The third-order valence-corrected chi connectivity index (χ3v) is 4.09. The molecule has 3 N–H and O–H groups in total. The van der Waals surface area contributed by atoms with Gasteiger partial charge in [0.05, 0.1) is 6.61 Å². The molecule has 15 heavy (non-hydrogen) atoms. The minimum absolute atomic E-state index is 0.309. The maximum absolute atomic E-state index is 9.34. The van der Waals surface area contributed by atoms with Gasteiger partial charge in [-0.05, 0) is 32.2 Å². The molecule has 0 spiro atoms. The molecular weight excluding hydrogens is 188 g/mol. The van der Waals surface area contributed by atoms with Crippen molar-refractivity contribution in [3.05, 3.63) is 0 Å². The number of hydrogen-bond donors (Lipinski definition) is 2. The zero-order valence-corrected chi connectivity index (χ0v) is 9.57.